The highest BCUT2D eigenvalue weighted by atomic mass is 79.9. The van der Waals surface area contributed by atoms with Crippen LogP contribution in [0.2, 0.25) is 0 Å². The molecule has 0 saturated heterocycles. The fourth-order valence-electron chi connectivity index (χ4n) is 1.31. The molecule has 0 aliphatic rings. The molecule has 0 N–H and O–H groups in total. The average molecular weight is 265 g/mol. The van der Waals surface area contributed by atoms with E-state index in [1.165, 1.54) is 0 Å². The summed E-state index contributed by atoms with van der Waals surface area (Å²) in [6.07, 6.45) is 3.43. The van der Waals surface area contributed by atoms with Crippen molar-refractivity contribution >= 4 is 21.7 Å². The second kappa shape index (κ2) is 4.40. The molecule has 1 aromatic heterocycles. The minimum absolute atomic E-state index is 0.0474. The molecule has 0 aliphatic carbocycles. The molecule has 3 nitrogen and oxygen atoms in total. The number of halogens is 1. The first kappa shape index (κ1) is 10.1. The second-order valence-electron chi connectivity index (χ2n) is 3.11. The SMILES string of the molecule is O=C(Cn1cccn1)c1ccccc1Br. The summed E-state index contributed by atoms with van der Waals surface area (Å²) in [4.78, 5) is 11.8. The number of aromatic nitrogens is 2. The van der Waals surface area contributed by atoms with E-state index < -0.39 is 0 Å². The number of carbonyl (C=O) groups is 1. The van der Waals surface area contributed by atoms with Gasteiger partial charge in [0.15, 0.2) is 5.78 Å². The molecule has 2 rings (SSSR count). The first-order valence-electron chi connectivity index (χ1n) is 4.52. The van der Waals surface area contributed by atoms with Gasteiger partial charge in [-0.25, -0.2) is 0 Å². The predicted molar refractivity (Wildman–Crippen MR) is 60.7 cm³/mol. The Balaban J connectivity index is 2.19. The van der Waals surface area contributed by atoms with E-state index in [-0.39, 0.29) is 12.3 Å². The lowest BCUT2D eigenvalue weighted by atomic mass is 10.1. The van der Waals surface area contributed by atoms with Gasteiger partial charge in [-0.2, -0.15) is 5.10 Å². The molecule has 0 radical (unpaired) electrons. The zero-order valence-electron chi connectivity index (χ0n) is 7.93. The van der Waals surface area contributed by atoms with Crippen molar-refractivity contribution in [3.05, 3.63) is 52.8 Å². The number of Topliss-reactive ketones (excluding diaryl/α,β-unsaturated/α-hetero) is 1. The maximum absolute atomic E-state index is 11.8. The molecule has 4 heteroatoms. The topological polar surface area (TPSA) is 34.9 Å². The molecule has 0 amide bonds. The van der Waals surface area contributed by atoms with Gasteiger partial charge in [-0.3, -0.25) is 9.48 Å². The summed E-state index contributed by atoms with van der Waals surface area (Å²) >= 11 is 3.35. The van der Waals surface area contributed by atoms with Crippen molar-refractivity contribution in [2.75, 3.05) is 0 Å². The van der Waals surface area contributed by atoms with Gasteiger partial charge in [0.05, 0.1) is 0 Å². The van der Waals surface area contributed by atoms with Crippen LogP contribution in [0.5, 0.6) is 0 Å². The van der Waals surface area contributed by atoms with Gasteiger partial charge in [-0.05, 0) is 12.1 Å². The van der Waals surface area contributed by atoms with E-state index in [1.54, 1.807) is 29.2 Å². The number of hydrogen-bond acceptors (Lipinski definition) is 2. The molecular formula is C11H9BrN2O. The quantitative estimate of drug-likeness (QED) is 0.799. The highest BCUT2D eigenvalue weighted by Crippen LogP contribution is 2.16. The van der Waals surface area contributed by atoms with Gasteiger partial charge in [0.1, 0.15) is 6.54 Å². The second-order valence-corrected chi connectivity index (χ2v) is 3.96. The third-order valence-corrected chi connectivity index (χ3v) is 2.73. The standard InChI is InChI=1S/C11H9BrN2O/c12-10-5-2-1-4-9(10)11(15)8-14-7-3-6-13-14/h1-7H,8H2. The molecule has 0 spiro atoms. The van der Waals surface area contributed by atoms with Crippen LogP contribution in [-0.4, -0.2) is 15.6 Å². The largest absolute Gasteiger partial charge is 0.292 e. The van der Waals surface area contributed by atoms with Crippen LogP contribution in [0.3, 0.4) is 0 Å². The normalized spacial score (nSPS) is 10.2. The van der Waals surface area contributed by atoms with Crippen LogP contribution < -0.4 is 0 Å². The first-order valence-corrected chi connectivity index (χ1v) is 5.32. The van der Waals surface area contributed by atoms with Crippen LogP contribution in [0.15, 0.2) is 47.2 Å². The lowest BCUT2D eigenvalue weighted by Crippen LogP contribution is -2.11. The van der Waals surface area contributed by atoms with E-state index in [0.717, 1.165) is 4.47 Å². The first-order chi connectivity index (χ1) is 7.27. The molecule has 0 unspecified atom stereocenters. The number of ketones is 1. The zero-order chi connectivity index (χ0) is 10.7. The summed E-state index contributed by atoms with van der Waals surface area (Å²) in [7, 11) is 0. The van der Waals surface area contributed by atoms with Gasteiger partial charge in [0.2, 0.25) is 0 Å². The number of hydrogen-bond donors (Lipinski definition) is 0. The summed E-state index contributed by atoms with van der Waals surface area (Å²) in [5.41, 5.74) is 0.688. The molecule has 0 bridgehead atoms. The highest BCUT2D eigenvalue weighted by Gasteiger charge is 2.09. The number of nitrogens with zero attached hydrogens (tertiary/aromatic N) is 2. The number of carbonyl (C=O) groups excluding carboxylic acids is 1. The maximum atomic E-state index is 11.8. The van der Waals surface area contributed by atoms with Crippen molar-refractivity contribution in [1.29, 1.82) is 0 Å². The average Bonchev–Trinajstić information content (AvgIpc) is 2.71. The van der Waals surface area contributed by atoms with Crippen LogP contribution in [0.4, 0.5) is 0 Å². The van der Waals surface area contributed by atoms with Gasteiger partial charge in [0, 0.05) is 22.4 Å². The molecule has 0 aliphatic heterocycles. The summed E-state index contributed by atoms with van der Waals surface area (Å²) in [5.74, 6) is 0.0474. The van der Waals surface area contributed by atoms with Gasteiger partial charge in [0.25, 0.3) is 0 Å². The molecule has 76 valence electrons. The van der Waals surface area contributed by atoms with Gasteiger partial charge >= 0.3 is 0 Å². The Morgan fingerprint density at radius 2 is 2.13 bits per heavy atom. The zero-order valence-corrected chi connectivity index (χ0v) is 9.52. The van der Waals surface area contributed by atoms with Crippen molar-refractivity contribution in [1.82, 2.24) is 9.78 Å². The number of benzene rings is 1. The van der Waals surface area contributed by atoms with Gasteiger partial charge in [-0.1, -0.05) is 34.1 Å². The number of rotatable bonds is 3. The van der Waals surface area contributed by atoms with Crippen LogP contribution in [0, 0.1) is 0 Å². The van der Waals surface area contributed by atoms with E-state index in [0.29, 0.717) is 5.56 Å². The molecule has 0 atom stereocenters. The lowest BCUT2D eigenvalue weighted by molar-refractivity contribution is 0.0967. The molecule has 0 fully saturated rings. The molecular weight excluding hydrogens is 256 g/mol. The Morgan fingerprint density at radius 3 is 2.80 bits per heavy atom. The van der Waals surface area contributed by atoms with Crippen LogP contribution in [0.25, 0.3) is 0 Å². The Labute approximate surface area is 95.9 Å². The fourth-order valence-corrected chi connectivity index (χ4v) is 1.82. The Kier molecular flexibility index (Phi) is 2.97. The maximum Gasteiger partial charge on any atom is 0.185 e. The predicted octanol–water partition coefficient (Wildman–Crippen LogP) is 2.53. The van der Waals surface area contributed by atoms with Crippen molar-refractivity contribution < 1.29 is 4.79 Å². The summed E-state index contributed by atoms with van der Waals surface area (Å²) < 4.78 is 2.43. The summed E-state index contributed by atoms with van der Waals surface area (Å²) in [6, 6.07) is 9.19. The minimum atomic E-state index is 0.0474. The third-order valence-electron chi connectivity index (χ3n) is 2.04. The summed E-state index contributed by atoms with van der Waals surface area (Å²) in [6.45, 7) is 0.273. The molecule has 1 aromatic carbocycles. The van der Waals surface area contributed by atoms with E-state index >= 15 is 0 Å². The molecule has 2 aromatic rings. The molecule has 0 saturated carbocycles. The summed E-state index contributed by atoms with van der Waals surface area (Å²) in [5, 5.41) is 3.99. The fraction of sp³-hybridized carbons (Fsp3) is 0.0909. The van der Waals surface area contributed by atoms with Crippen molar-refractivity contribution in [2.24, 2.45) is 0 Å². The van der Waals surface area contributed by atoms with E-state index in [9.17, 15) is 4.79 Å². The van der Waals surface area contributed by atoms with Crippen molar-refractivity contribution in [3.8, 4) is 0 Å². The van der Waals surface area contributed by atoms with Crippen LogP contribution in [0.1, 0.15) is 10.4 Å². The smallest absolute Gasteiger partial charge is 0.185 e. The van der Waals surface area contributed by atoms with Crippen LogP contribution >= 0.6 is 15.9 Å². The Bertz CT molecular complexity index is 465. The van der Waals surface area contributed by atoms with Gasteiger partial charge < -0.3 is 0 Å². The van der Waals surface area contributed by atoms with E-state index in [2.05, 4.69) is 21.0 Å². The lowest BCUT2D eigenvalue weighted by Gasteiger charge is -2.03. The van der Waals surface area contributed by atoms with Gasteiger partial charge in [-0.15, -0.1) is 0 Å². The third kappa shape index (κ3) is 2.33. The Hall–Kier alpha value is -1.42. The minimum Gasteiger partial charge on any atom is -0.292 e. The van der Waals surface area contributed by atoms with Crippen molar-refractivity contribution in [3.63, 3.8) is 0 Å². The highest BCUT2D eigenvalue weighted by molar-refractivity contribution is 9.10. The van der Waals surface area contributed by atoms with E-state index in [4.69, 9.17) is 0 Å². The monoisotopic (exact) mass is 264 g/mol. The van der Waals surface area contributed by atoms with E-state index in [1.807, 2.05) is 18.2 Å². The Morgan fingerprint density at radius 1 is 1.33 bits per heavy atom. The molecule has 1 heterocycles. The molecule has 15 heavy (non-hydrogen) atoms. The van der Waals surface area contributed by atoms with Crippen LogP contribution in [-0.2, 0) is 6.54 Å². The van der Waals surface area contributed by atoms with Crippen molar-refractivity contribution in [2.45, 2.75) is 6.54 Å².